The zero-order valence-electron chi connectivity index (χ0n) is 41.8. The predicted molar refractivity (Wildman–Crippen MR) is 272 cm³/mol. The number of rotatable bonds is 8. The average Bonchev–Trinajstić information content (AvgIpc) is 3.28. The van der Waals surface area contributed by atoms with Crippen LogP contribution in [0.4, 0.5) is 4.39 Å². The summed E-state index contributed by atoms with van der Waals surface area (Å²) < 4.78 is 13.2. The number of benzene rings is 3. The summed E-state index contributed by atoms with van der Waals surface area (Å²) >= 11 is 6.25. The van der Waals surface area contributed by atoms with Crippen LogP contribution in [-0.2, 0) is 30.6 Å². The zero-order chi connectivity index (χ0) is 47.2. The minimum Gasteiger partial charge on any atom is -0.303 e. The minimum absolute atomic E-state index is 0.0277. The van der Waals surface area contributed by atoms with Crippen molar-refractivity contribution in [2.24, 2.45) is 80.8 Å². The molecule has 16 bridgehead atoms. The molecular weight excluding hydrogens is 871 g/mol. The molecule has 0 N–H and O–H groups in total. The van der Waals surface area contributed by atoms with Gasteiger partial charge in [-0.15, -0.1) is 0 Å². The molecule has 0 amide bonds. The molecule has 7 unspecified atom stereocenters. The van der Waals surface area contributed by atoms with Crippen LogP contribution in [-0.4, -0.2) is 17.9 Å². The van der Waals surface area contributed by atoms with Crippen molar-refractivity contribution in [2.75, 3.05) is 0 Å². The maximum absolute atomic E-state index is 13.2. The van der Waals surface area contributed by atoms with Crippen LogP contribution >= 0.6 is 11.6 Å². The van der Waals surface area contributed by atoms with Gasteiger partial charge in [0.25, 0.3) is 0 Å². The molecule has 5 heteroatoms. The first-order chi connectivity index (χ1) is 33.1. The molecule has 16 fully saturated rings. The van der Waals surface area contributed by atoms with Gasteiger partial charge in [0.05, 0.1) is 0 Å². The Bertz CT molecular complexity index is 2410. The second-order valence-electron chi connectivity index (χ2n) is 28.0. The summed E-state index contributed by atoms with van der Waals surface area (Å²) in [5, 5.41) is 0.845. The molecule has 19 rings (SSSR count). The molecule has 7 atom stereocenters. The smallest absolute Gasteiger partial charge is 0.136 e. The Morgan fingerprint density at radius 2 is 0.812 bits per heavy atom. The maximum atomic E-state index is 13.2. The van der Waals surface area contributed by atoms with E-state index in [2.05, 4.69) is 54.6 Å². The van der Waals surface area contributed by atoms with Crippen molar-refractivity contribution in [3.63, 3.8) is 0 Å². The van der Waals surface area contributed by atoms with Gasteiger partial charge in [-0.3, -0.25) is 9.59 Å². The van der Waals surface area contributed by atoms with Crippen molar-refractivity contribution in [3.05, 3.63) is 106 Å². The van der Waals surface area contributed by atoms with E-state index in [1.807, 2.05) is 19.1 Å². The average molecular weight is 950 g/mol. The Kier molecular flexibility index (Phi) is 10.7. The summed E-state index contributed by atoms with van der Waals surface area (Å²) in [4.78, 5) is 37.5. The number of Topliss-reactive ketones (excluding diaryl/α,β-unsaturated/α-hetero) is 2. The van der Waals surface area contributed by atoms with Gasteiger partial charge in [-0.25, -0.2) is 4.39 Å². The van der Waals surface area contributed by atoms with Gasteiger partial charge < -0.3 is 4.79 Å². The molecule has 3 nitrogen and oxygen atoms in total. The molecule has 3 aromatic carbocycles. The lowest BCUT2D eigenvalue weighted by Gasteiger charge is -2.68. The van der Waals surface area contributed by atoms with E-state index in [-0.39, 0.29) is 27.5 Å². The lowest BCUT2D eigenvalue weighted by molar-refractivity contribution is -0.177. The Morgan fingerprint density at radius 3 is 1.22 bits per heavy atom. The van der Waals surface area contributed by atoms with E-state index in [0.29, 0.717) is 45.6 Å². The maximum Gasteiger partial charge on any atom is 0.136 e. The van der Waals surface area contributed by atoms with Crippen molar-refractivity contribution in [3.8, 4) is 0 Å². The van der Waals surface area contributed by atoms with Gasteiger partial charge >= 0.3 is 0 Å². The number of carbonyl (C=O) groups is 3. The van der Waals surface area contributed by atoms with Crippen molar-refractivity contribution >= 4 is 29.5 Å². The normalized spacial score (nSPS) is 46.4. The third kappa shape index (κ3) is 7.43. The van der Waals surface area contributed by atoms with E-state index in [9.17, 15) is 18.8 Å². The number of aldehydes is 1. The standard InChI is InChI=1S/C28H35ClO.C18H21FO.C18H22O/c29-24-3-1-23(2-4-24)27-12-21-8-22(13-27)15-28(14-21,17-27)25(16-30)26-9-18-5-19(10-26)7-20(6-18)11-26;1-12(20)17-7-13-6-14(8-17)10-18(9-13,11-17)15-2-4-16(19)5-3-15;1-13(19)17-8-14-7-15(9-17)11-18(10-14,12-17)16-5-3-2-4-6-16/h1-4,16,18-22,25H,5-15,17H2;2-5,13-14H,6-11H2,1H3;2-6,14-15H,7-12H2,1H3. The van der Waals surface area contributed by atoms with Gasteiger partial charge in [-0.2, -0.15) is 0 Å². The fraction of sp³-hybridized carbons (Fsp3) is 0.672. The SMILES string of the molecule is CC(=O)C12CC3CC(C1)CC(c1ccc(F)cc1)(C3)C2.CC(=O)C12CC3CC(C1)CC(c1ccccc1)(C3)C2.O=CC(C12CC3CC(CC(C3)C1)C2)C12CC3CC(CC(c4ccc(Cl)cc4)(C3)C1)C2. The summed E-state index contributed by atoms with van der Waals surface area (Å²) in [7, 11) is 0. The Hall–Kier alpha value is -3.11. The van der Waals surface area contributed by atoms with Crippen molar-refractivity contribution < 1.29 is 18.8 Å². The molecule has 16 aliphatic rings. The molecule has 0 spiro atoms. The highest BCUT2D eigenvalue weighted by atomic mass is 35.5. The van der Waals surface area contributed by atoms with Crippen LogP contribution in [0.3, 0.4) is 0 Å². The van der Waals surface area contributed by atoms with Gasteiger partial charge in [0.1, 0.15) is 23.7 Å². The summed E-state index contributed by atoms with van der Waals surface area (Å²) in [5.74, 6) is 8.44. The van der Waals surface area contributed by atoms with Crippen LogP contribution in [0.15, 0.2) is 78.9 Å². The molecule has 3 aromatic rings. The highest BCUT2D eigenvalue weighted by Crippen LogP contribution is 2.74. The van der Waals surface area contributed by atoms with E-state index < -0.39 is 0 Å². The second kappa shape index (κ2) is 16.2. The van der Waals surface area contributed by atoms with Gasteiger partial charge in [0, 0.05) is 21.8 Å². The molecule has 0 aliphatic heterocycles. The topological polar surface area (TPSA) is 51.2 Å². The molecule has 0 heterocycles. The summed E-state index contributed by atoms with van der Waals surface area (Å²) in [6, 6.07) is 26.9. The van der Waals surface area contributed by atoms with Crippen LogP contribution in [0, 0.1) is 86.7 Å². The summed E-state index contributed by atoms with van der Waals surface area (Å²) in [6.45, 7) is 3.62. The number of halogens is 2. The summed E-state index contributed by atoms with van der Waals surface area (Å²) in [5.41, 5.74) is 5.62. The molecule has 69 heavy (non-hydrogen) atoms. The van der Waals surface area contributed by atoms with Gasteiger partial charge in [-0.05, 0) is 289 Å². The van der Waals surface area contributed by atoms with Crippen LogP contribution < -0.4 is 0 Å². The van der Waals surface area contributed by atoms with E-state index in [1.165, 1.54) is 151 Å². The fourth-order valence-electron chi connectivity index (χ4n) is 23.0. The lowest BCUT2D eigenvalue weighted by atomic mass is 9.36. The molecule has 16 saturated carbocycles. The number of ketones is 2. The number of carbonyl (C=O) groups excluding carboxylic acids is 3. The summed E-state index contributed by atoms with van der Waals surface area (Å²) in [6.07, 6.45) is 32.5. The van der Waals surface area contributed by atoms with Gasteiger partial charge in [-0.1, -0.05) is 66.2 Å². The third-order valence-electron chi connectivity index (χ3n) is 23.6. The predicted octanol–water partition coefficient (Wildman–Crippen LogP) is 15.6. The van der Waals surface area contributed by atoms with Crippen LogP contribution in [0.5, 0.6) is 0 Å². The van der Waals surface area contributed by atoms with Crippen LogP contribution in [0.25, 0.3) is 0 Å². The first-order valence-electron chi connectivity index (χ1n) is 28.2. The highest BCUT2D eigenvalue weighted by Gasteiger charge is 2.66. The molecule has 0 radical (unpaired) electrons. The minimum atomic E-state index is -0.167. The Balaban J connectivity index is 0.000000106. The number of hydrogen-bond acceptors (Lipinski definition) is 3. The Morgan fingerprint density at radius 1 is 0.464 bits per heavy atom. The van der Waals surface area contributed by atoms with Gasteiger partial charge in [0.2, 0.25) is 0 Å². The molecule has 0 aromatic heterocycles. The van der Waals surface area contributed by atoms with E-state index >= 15 is 0 Å². The third-order valence-corrected chi connectivity index (χ3v) is 23.8. The quantitative estimate of drug-likeness (QED) is 0.211. The van der Waals surface area contributed by atoms with Crippen LogP contribution in [0.1, 0.15) is 185 Å². The largest absolute Gasteiger partial charge is 0.303 e. The molecule has 16 aliphatic carbocycles. The van der Waals surface area contributed by atoms with E-state index in [0.717, 1.165) is 72.1 Å². The first-order valence-corrected chi connectivity index (χ1v) is 28.6. The monoisotopic (exact) mass is 949 g/mol. The fourth-order valence-corrected chi connectivity index (χ4v) is 23.1. The zero-order valence-corrected chi connectivity index (χ0v) is 42.6. The molecule has 366 valence electrons. The van der Waals surface area contributed by atoms with Crippen molar-refractivity contribution in [1.29, 1.82) is 0 Å². The second-order valence-corrected chi connectivity index (χ2v) is 28.5. The van der Waals surface area contributed by atoms with Crippen LogP contribution in [0.2, 0.25) is 5.02 Å². The van der Waals surface area contributed by atoms with E-state index in [4.69, 9.17) is 11.6 Å². The van der Waals surface area contributed by atoms with E-state index in [1.54, 1.807) is 19.1 Å². The Labute approximate surface area is 417 Å². The molecular formula is C64H78ClFO3. The van der Waals surface area contributed by atoms with Crippen molar-refractivity contribution in [2.45, 2.75) is 184 Å². The lowest BCUT2D eigenvalue weighted by Crippen LogP contribution is -2.61. The van der Waals surface area contributed by atoms with Gasteiger partial charge in [0.15, 0.2) is 0 Å². The number of hydrogen-bond donors (Lipinski definition) is 0. The highest BCUT2D eigenvalue weighted by molar-refractivity contribution is 6.30. The first kappa shape index (κ1) is 45.7. The molecule has 0 saturated heterocycles. The van der Waals surface area contributed by atoms with Crippen molar-refractivity contribution in [1.82, 2.24) is 0 Å².